The van der Waals surface area contributed by atoms with Crippen molar-refractivity contribution in [1.29, 1.82) is 5.26 Å². The Morgan fingerprint density at radius 2 is 1.96 bits per heavy atom. The third kappa shape index (κ3) is 5.14. The summed E-state index contributed by atoms with van der Waals surface area (Å²) in [5.74, 6) is -0.546. The summed E-state index contributed by atoms with van der Waals surface area (Å²) in [5.41, 5.74) is 6.39. The van der Waals surface area contributed by atoms with Gasteiger partial charge in [0.1, 0.15) is 40.9 Å². The SMILES string of the molecule is CN1CCCC1C1CCCCCCOC2CC3COc4c(Cl)c(-c5ccc(F)c6sc(N)c(C#N)c56)c(F)c5nc(nc(c45)N3C2)O1. The topological polar surface area (TPSA) is 110 Å². The second kappa shape index (κ2) is 12.2. The Bertz CT molecular complexity index is 1930. The Morgan fingerprint density at radius 1 is 1.11 bits per heavy atom. The Morgan fingerprint density at radius 3 is 2.77 bits per heavy atom. The molecule has 2 fully saturated rings. The lowest BCUT2D eigenvalue weighted by Crippen LogP contribution is -2.40. The van der Waals surface area contributed by atoms with Crippen molar-refractivity contribution in [2.75, 3.05) is 44.0 Å². The van der Waals surface area contributed by atoms with Gasteiger partial charge in [-0.1, -0.05) is 30.5 Å². The minimum Gasteiger partial charge on any atom is -0.489 e. The Balaban J connectivity index is 1.36. The molecule has 4 aliphatic rings. The van der Waals surface area contributed by atoms with Crippen LogP contribution in [-0.2, 0) is 4.74 Å². The Hall–Kier alpha value is -3.50. The van der Waals surface area contributed by atoms with Gasteiger partial charge < -0.3 is 24.8 Å². The van der Waals surface area contributed by atoms with Gasteiger partial charge in [0.25, 0.3) is 0 Å². The lowest BCUT2D eigenvalue weighted by Gasteiger charge is -2.29. The maximum atomic E-state index is 17.2. The van der Waals surface area contributed by atoms with Crippen LogP contribution in [-0.4, -0.2) is 72.5 Å². The van der Waals surface area contributed by atoms with E-state index in [1.54, 1.807) is 0 Å². The van der Waals surface area contributed by atoms with Gasteiger partial charge >= 0.3 is 6.01 Å². The first kappa shape index (κ1) is 30.8. The fraction of sp³-hybridized carbons (Fsp3) is 0.500. The van der Waals surface area contributed by atoms with E-state index in [1.165, 1.54) is 12.1 Å². The van der Waals surface area contributed by atoms with E-state index >= 15 is 8.78 Å². The van der Waals surface area contributed by atoms with Crippen molar-refractivity contribution in [1.82, 2.24) is 14.9 Å². The van der Waals surface area contributed by atoms with Crippen LogP contribution in [0.2, 0.25) is 5.02 Å². The van der Waals surface area contributed by atoms with Gasteiger partial charge in [-0.25, -0.2) is 8.78 Å². The molecule has 0 amide bonds. The number of anilines is 2. The maximum absolute atomic E-state index is 17.2. The molecular weight excluding hydrogens is 646 g/mol. The van der Waals surface area contributed by atoms with Crippen LogP contribution in [0.1, 0.15) is 56.9 Å². The van der Waals surface area contributed by atoms with Gasteiger partial charge in [-0.3, -0.25) is 4.90 Å². The van der Waals surface area contributed by atoms with Crippen molar-refractivity contribution in [2.24, 2.45) is 0 Å². The number of rotatable bonds is 2. The van der Waals surface area contributed by atoms with Crippen LogP contribution in [0.3, 0.4) is 0 Å². The zero-order valence-corrected chi connectivity index (χ0v) is 27.6. The zero-order valence-electron chi connectivity index (χ0n) is 26.0. The zero-order chi connectivity index (χ0) is 32.4. The van der Waals surface area contributed by atoms with Crippen molar-refractivity contribution >= 4 is 54.7 Å². The molecule has 4 aromatic rings. The number of aromatic nitrogens is 2. The molecule has 2 N–H and O–H groups in total. The summed E-state index contributed by atoms with van der Waals surface area (Å²) >= 11 is 8.02. The molecule has 0 aliphatic carbocycles. The van der Waals surface area contributed by atoms with Gasteiger partial charge in [-0.05, 0) is 63.7 Å². The van der Waals surface area contributed by atoms with Crippen LogP contribution in [0.25, 0.3) is 32.1 Å². The molecule has 0 radical (unpaired) electrons. The Labute approximate surface area is 280 Å². The summed E-state index contributed by atoms with van der Waals surface area (Å²) in [6.45, 7) is 2.51. The highest BCUT2D eigenvalue weighted by Gasteiger charge is 2.41. The average molecular weight is 681 g/mol. The number of ether oxygens (including phenoxy) is 3. The molecule has 4 aliphatic heterocycles. The summed E-state index contributed by atoms with van der Waals surface area (Å²) < 4.78 is 51.8. The second-order valence-corrected chi connectivity index (χ2v) is 14.5. The maximum Gasteiger partial charge on any atom is 0.319 e. The number of fused-ring (bicyclic) bond motifs is 3. The number of likely N-dealkylation sites (N-methyl/N-ethyl adjacent to an activating group) is 1. The quantitative estimate of drug-likeness (QED) is 0.238. The lowest BCUT2D eigenvalue weighted by atomic mass is 9.96. The van der Waals surface area contributed by atoms with Gasteiger partial charge in [-0.15, -0.1) is 11.3 Å². The summed E-state index contributed by atoms with van der Waals surface area (Å²) in [6.07, 6.45) is 7.58. The second-order valence-electron chi connectivity index (χ2n) is 13.0. The van der Waals surface area contributed by atoms with Crippen LogP contribution in [0.15, 0.2) is 12.1 Å². The number of hydrogen-bond donors (Lipinski definition) is 1. The number of nitrogens with zero attached hydrogens (tertiary/aromatic N) is 5. The van der Waals surface area contributed by atoms with Crippen molar-refractivity contribution < 1.29 is 23.0 Å². The molecule has 0 spiro atoms. The fourth-order valence-electron chi connectivity index (χ4n) is 7.89. The molecule has 246 valence electrons. The highest BCUT2D eigenvalue weighted by molar-refractivity contribution is 7.23. The summed E-state index contributed by atoms with van der Waals surface area (Å²) in [4.78, 5) is 14.2. The molecule has 47 heavy (non-hydrogen) atoms. The van der Waals surface area contributed by atoms with E-state index in [4.69, 9.17) is 41.5 Å². The molecule has 13 heteroatoms. The van der Waals surface area contributed by atoms with Crippen LogP contribution >= 0.6 is 22.9 Å². The highest BCUT2D eigenvalue weighted by atomic mass is 35.5. The molecule has 2 saturated heterocycles. The number of halogens is 3. The molecule has 8 rings (SSSR count). The average Bonchev–Trinajstić information content (AvgIpc) is 3.74. The van der Waals surface area contributed by atoms with E-state index < -0.39 is 11.6 Å². The molecular formula is C34H35ClF2N6O3S. The van der Waals surface area contributed by atoms with Crippen LogP contribution < -0.4 is 20.1 Å². The van der Waals surface area contributed by atoms with Crippen LogP contribution in [0.4, 0.5) is 19.6 Å². The standard InChI is InChI=1S/C34H35ClF2N6O3S/c1-42-11-6-7-22(42)23-8-4-2-3-5-12-44-18-13-17-16-45-30-26-29(40-34(46-23)41-33(26)43(17)15-18)28(37)25(27(30)35)19-9-10-21(36)31-24(19)20(14-38)32(39)47-31/h9-10,17-18,22-23H,2-8,11-13,15-16,39H2,1H3. The van der Waals surface area contributed by atoms with Crippen LogP contribution in [0.5, 0.6) is 11.8 Å². The van der Waals surface area contributed by atoms with E-state index in [9.17, 15) is 5.26 Å². The number of benzene rings is 2. The molecule has 0 saturated carbocycles. The first-order valence-corrected chi connectivity index (χ1v) is 17.5. The number of likely N-dealkylation sites (tertiary alicyclic amines) is 1. The lowest BCUT2D eigenvalue weighted by molar-refractivity contribution is 0.0614. The number of hydrogen-bond acceptors (Lipinski definition) is 10. The molecule has 9 nitrogen and oxygen atoms in total. The number of nitrogen functional groups attached to an aromatic ring is 1. The summed E-state index contributed by atoms with van der Waals surface area (Å²) in [6, 6.07) is 4.93. The van der Waals surface area contributed by atoms with Crippen molar-refractivity contribution in [3.63, 3.8) is 0 Å². The van der Waals surface area contributed by atoms with E-state index in [0.717, 1.165) is 69.2 Å². The number of nitrogens with two attached hydrogens (primary N) is 1. The molecule has 6 heterocycles. The largest absolute Gasteiger partial charge is 0.489 e. The van der Waals surface area contributed by atoms with Crippen LogP contribution in [0, 0.1) is 23.0 Å². The van der Waals surface area contributed by atoms with E-state index in [0.29, 0.717) is 24.4 Å². The molecule has 4 unspecified atom stereocenters. The predicted molar refractivity (Wildman–Crippen MR) is 179 cm³/mol. The smallest absolute Gasteiger partial charge is 0.319 e. The number of nitriles is 1. The minimum atomic E-state index is -0.731. The molecule has 2 aromatic heterocycles. The van der Waals surface area contributed by atoms with E-state index in [1.807, 2.05) is 0 Å². The third-order valence-electron chi connectivity index (χ3n) is 10.2. The first-order valence-electron chi connectivity index (χ1n) is 16.4. The van der Waals surface area contributed by atoms with Crippen molar-refractivity contribution in [3.05, 3.63) is 34.4 Å². The molecule has 4 atom stereocenters. The predicted octanol–water partition coefficient (Wildman–Crippen LogP) is 7.06. The summed E-state index contributed by atoms with van der Waals surface area (Å²) in [7, 11) is 2.12. The van der Waals surface area contributed by atoms with Gasteiger partial charge in [-0.2, -0.15) is 15.2 Å². The molecule has 2 aromatic carbocycles. The highest BCUT2D eigenvalue weighted by Crippen LogP contribution is 2.51. The normalized spacial score (nSPS) is 25.0. The van der Waals surface area contributed by atoms with E-state index in [2.05, 4.69) is 22.9 Å². The van der Waals surface area contributed by atoms with Gasteiger partial charge in [0.15, 0.2) is 11.6 Å². The van der Waals surface area contributed by atoms with Gasteiger partial charge in [0.05, 0.1) is 32.8 Å². The number of thiophene rings is 1. The minimum absolute atomic E-state index is 0.000379. The van der Waals surface area contributed by atoms with Crippen molar-refractivity contribution in [3.8, 4) is 29.0 Å². The monoisotopic (exact) mass is 680 g/mol. The Kier molecular flexibility index (Phi) is 7.99. The third-order valence-corrected chi connectivity index (χ3v) is 11.6. The van der Waals surface area contributed by atoms with E-state index in [-0.39, 0.29) is 85.0 Å². The van der Waals surface area contributed by atoms with Crippen molar-refractivity contribution in [2.45, 2.75) is 75.7 Å². The van der Waals surface area contributed by atoms with Gasteiger partial charge in [0.2, 0.25) is 0 Å². The fourth-order valence-corrected chi connectivity index (χ4v) is 9.17. The van der Waals surface area contributed by atoms with Gasteiger partial charge in [0, 0.05) is 30.1 Å². The summed E-state index contributed by atoms with van der Waals surface area (Å²) in [5, 5.41) is 10.7. The first-order chi connectivity index (χ1) is 22.8. The molecule has 4 bridgehead atoms.